The highest BCUT2D eigenvalue weighted by atomic mass is 32.2. The summed E-state index contributed by atoms with van der Waals surface area (Å²) < 4.78 is 34.3. The van der Waals surface area contributed by atoms with Crippen molar-refractivity contribution >= 4 is 33.2 Å². The lowest BCUT2D eigenvalue weighted by Crippen LogP contribution is -2.44. The van der Waals surface area contributed by atoms with Crippen LogP contribution in [0.4, 0.5) is 11.4 Å². The summed E-state index contributed by atoms with van der Waals surface area (Å²) in [5, 5.41) is 5.73. The Bertz CT molecular complexity index is 1210. The maximum atomic E-state index is 13.6. The van der Waals surface area contributed by atoms with Crippen molar-refractivity contribution in [3.8, 4) is 5.75 Å². The van der Waals surface area contributed by atoms with Crippen molar-refractivity contribution in [2.45, 2.75) is 57.5 Å². The summed E-state index contributed by atoms with van der Waals surface area (Å²) in [6.45, 7) is 6.05. The minimum Gasteiger partial charge on any atom is -0.478 e. The maximum absolute atomic E-state index is 13.6. The van der Waals surface area contributed by atoms with Crippen molar-refractivity contribution in [1.82, 2.24) is 4.31 Å². The quantitative estimate of drug-likeness (QED) is 0.649. The zero-order chi connectivity index (χ0) is 24.5. The van der Waals surface area contributed by atoms with Crippen LogP contribution < -0.4 is 15.4 Å². The molecule has 0 radical (unpaired) electrons. The molecule has 2 aromatic rings. The summed E-state index contributed by atoms with van der Waals surface area (Å²) in [6, 6.07) is 10.8. The van der Waals surface area contributed by atoms with Crippen molar-refractivity contribution in [3.63, 3.8) is 0 Å². The van der Waals surface area contributed by atoms with E-state index < -0.39 is 22.0 Å². The van der Waals surface area contributed by atoms with Crippen molar-refractivity contribution < 1.29 is 22.7 Å². The van der Waals surface area contributed by atoms with E-state index in [-0.39, 0.29) is 23.3 Å². The van der Waals surface area contributed by atoms with Gasteiger partial charge in [0.2, 0.25) is 15.9 Å². The third-order valence-corrected chi connectivity index (χ3v) is 8.45. The van der Waals surface area contributed by atoms with E-state index in [1.807, 2.05) is 31.2 Å². The van der Waals surface area contributed by atoms with Crippen LogP contribution in [0.15, 0.2) is 41.3 Å². The number of nitrogens with one attached hydrogen (secondary N) is 2. The molecule has 2 heterocycles. The number of ether oxygens (including phenoxy) is 1. The summed E-state index contributed by atoms with van der Waals surface area (Å²) in [5.74, 6) is -0.504. The lowest BCUT2D eigenvalue weighted by Gasteiger charge is -2.32. The van der Waals surface area contributed by atoms with Gasteiger partial charge >= 0.3 is 0 Å². The van der Waals surface area contributed by atoms with Gasteiger partial charge in [-0.3, -0.25) is 9.59 Å². The highest BCUT2D eigenvalue weighted by molar-refractivity contribution is 7.89. The van der Waals surface area contributed by atoms with Gasteiger partial charge < -0.3 is 15.4 Å². The topological polar surface area (TPSA) is 105 Å². The zero-order valence-electron chi connectivity index (χ0n) is 19.8. The van der Waals surface area contributed by atoms with Gasteiger partial charge in [0, 0.05) is 24.8 Å². The van der Waals surface area contributed by atoms with Crippen LogP contribution in [-0.2, 0) is 26.0 Å². The number of carbonyl (C=O) groups is 2. The molecule has 0 aliphatic carbocycles. The van der Waals surface area contributed by atoms with Crippen LogP contribution in [0.1, 0.15) is 44.2 Å². The number of carbonyl (C=O) groups excluding carboxylic acids is 2. The average molecular weight is 486 g/mol. The molecule has 182 valence electrons. The van der Waals surface area contributed by atoms with E-state index in [1.165, 1.54) is 10.4 Å². The van der Waals surface area contributed by atoms with E-state index in [9.17, 15) is 18.0 Å². The fourth-order valence-electron chi connectivity index (χ4n) is 4.46. The molecule has 8 nitrogen and oxygen atoms in total. The summed E-state index contributed by atoms with van der Waals surface area (Å²) >= 11 is 0. The molecule has 2 aliphatic rings. The van der Waals surface area contributed by atoms with Gasteiger partial charge in [-0.25, -0.2) is 8.42 Å². The largest absolute Gasteiger partial charge is 0.478 e. The van der Waals surface area contributed by atoms with Crippen LogP contribution in [0, 0.1) is 12.8 Å². The molecule has 2 N–H and O–H groups in total. The van der Waals surface area contributed by atoms with E-state index in [4.69, 9.17) is 4.74 Å². The van der Waals surface area contributed by atoms with Crippen molar-refractivity contribution in [2.75, 3.05) is 23.7 Å². The molecule has 0 bridgehead atoms. The molecular formula is C25H31N3O5S. The second kappa shape index (κ2) is 9.76. The molecule has 2 aliphatic heterocycles. The summed E-state index contributed by atoms with van der Waals surface area (Å²) in [5.41, 5.74) is 2.83. The summed E-state index contributed by atoms with van der Waals surface area (Å²) in [6.07, 6.45) is 1.92. The number of hydrogen-bond acceptors (Lipinski definition) is 5. The van der Waals surface area contributed by atoms with Crippen molar-refractivity contribution in [1.29, 1.82) is 0 Å². The highest BCUT2D eigenvalue weighted by Crippen LogP contribution is 2.36. The average Bonchev–Trinajstić information content (AvgIpc) is 2.83. The molecule has 9 heteroatoms. The number of aryl methyl sites for hydroxylation is 2. The zero-order valence-corrected chi connectivity index (χ0v) is 20.6. The molecule has 0 unspecified atom stereocenters. The van der Waals surface area contributed by atoms with Gasteiger partial charge in [-0.1, -0.05) is 26.0 Å². The van der Waals surface area contributed by atoms with Gasteiger partial charge in [0.1, 0.15) is 5.75 Å². The van der Waals surface area contributed by atoms with E-state index >= 15 is 0 Å². The normalized spacial score (nSPS) is 20.7. The lowest BCUT2D eigenvalue weighted by atomic mass is 9.98. The Labute approximate surface area is 200 Å². The number of hydrogen-bond donors (Lipinski definition) is 2. The van der Waals surface area contributed by atoms with Crippen LogP contribution in [0.5, 0.6) is 5.75 Å². The van der Waals surface area contributed by atoms with Crippen LogP contribution in [0.2, 0.25) is 0 Å². The second-order valence-corrected chi connectivity index (χ2v) is 10.8. The monoisotopic (exact) mass is 485 g/mol. The molecule has 1 fully saturated rings. The maximum Gasteiger partial charge on any atom is 0.265 e. The fraction of sp³-hybridized carbons (Fsp3) is 0.440. The number of piperidine rings is 1. The first-order valence-electron chi connectivity index (χ1n) is 11.7. The number of rotatable bonds is 6. The van der Waals surface area contributed by atoms with Crippen molar-refractivity contribution in [3.05, 3.63) is 47.5 Å². The van der Waals surface area contributed by atoms with E-state index in [0.29, 0.717) is 42.8 Å². The van der Waals surface area contributed by atoms with Crippen LogP contribution in [0.3, 0.4) is 0 Å². The van der Waals surface area contributed by atoms with Gasteiger partial charge in [0.15, 0.2) is 6.10 Å². The first-order valence-corrected chi connectivity index (χ1v) is 13.2. The molecular weight excluding hydrogens is 454 g/mol. The summed E-state index contributed by atoms with van der Waals surface area (Å²) in [7, 11) is -3.85. The Morgan fingerprint density at radius 1 is 1.24 bits per heavy atom. The Kier molecular flexibility index (Phi) is 6.95. The first-order chi connectivity index (χ1) is 16.2. The third kappa shape index (κ3) is 4.81. The number of anilines is 2. The lowest BCUT2D eigenvalue weighted by molar-refractivity contribution is -0.123. The number of benzene rings is 2. The molecule has 2 atom stereocenters. The Hall–Kier alpha value is -2.91. The minimum absolute atomic E-state index is 0.118. The smallest absolute Gasteiger partial charge is 0.265 e. The predicted molar refractivity (Wildman–Crippen MR) is 130 cm³/mol. The number of fused-ring (bicyclic) bond motifs is 1. The van der Waals surface area contributed by atoms with E-state index in [2.05, 4.69) is 17.6 Å². The molecule has 0 saturated carbocycles. The van der Waals surface area contributed by atoms with Crippen LogP contribution in [-0.4, -0.2) is 43.7 Å². The van der Waals surface area contributed by atoms with Gasteiger partial charge in [0.25, 0.3) is 5.91 Å². The fourth-order valence-corrected chi connectivity index (χ4v) is 6.20. The number of amides is 2. The highest BCUT2D eigenvalue weighted by Gasteiger charge is 2.36. The predicted octanol–water partition coefficient (Wildman–Crippen LogP) is 3.71. The standard InChI is InChI=1S/C25H31N3O5S/c1-4-17-8-6-10-19(13-17)26-24(29)18-9-7-11-28(15-18)34(31,32)23-14-22-20(12-16(23)3)27-25(30)21(5-2)33-22/h6,8,10,12-14,18,21H,4-5,7,9,11,15H2,1-3H3,(H,26,29)(H,27,30)/t18-,21+/m1/s1. The molecule has 0 aromatic heterocycles. The Balaban J connectivity index is 1.53. The minimum atomic E-state index is -3.85. The summed E-state index contributed by atoms with van der Waals surface area (Å²) in [4.78, 5) is 25.2. The van der Waals surface area contributed by atoms with Gasteiger partial charge in [-0.15, -0.1) is 0 Å². The second-order valence-electron chi connectivity index (χ2n) is 8.86. The van der Waals surface area contributed by atoms with Crippen LogP contribution in [0.25, 0.3) is 0 Å². The molecule has 1 saturated heterocycles. The molecule has 34 heavy (non-hydrogen) atoms. The van der Waals surface area contributed by atoms with Crippen molar-refractivity contribution in [2.24, 2.45) is 5.92 Å². The van der Waals surface area contributed by atoms with E-state index in [1.54, 1.807) is 13.0 Å². The molecule has 4 rings (SSSR count). The third-order valence-electron chi connectivity index (χ3n) is 6.44. The number of nitrogens with zero attached hydrogens (tertiary/aromatic N) is 1. The molecule has 2 aromatic carbocycles. The Morgan fingerprint density at radius 2 is 2.03 bits per heavy atom. The number of sulfonamides is 1. The Morgan fingerprint density at radius 3 is 2.76 bits per heavy atom. The van der Waals surface area contributed by atoms with E-state index in [0.717, 1.165) is 17.7 Å². The SMILES string of the molecule is CCc1cccc(NC(=O)[C@@H]2CCCN(S(=O)(=O)c3cc4c(cc3C)NC(=O)[C@H](CC)O4)C2)c1. The van der Waals surface area contributed by atoms with Gasteiger partial charge in [-0.05, 0) is 61.9 Å². The van der Waals surface area contributed by atoms with Gasteiger partial charge in [0.05, 0.1) is 16.5 Å². The molecule has 2 amide bonds. The molecule has 0 spiro atoms. The van der Waals surface area contributed by atoms with Gasteiger partial charge in [-0.2, -0.15) is 4.31 Å². The first kappa shape index (κ1) is 24.2. The van der Waals surface area contributed by atoms with Crippen LogP contribution >= 0.6 is 0 Å².